The number of ether oxygens (including phenoxy) is 1. The van der Waals surface area contributed by atoms with E-state index in [1.54, 1.807) is 48.1 Å². The first-order valence-electron chi connectivity index (χ1n) is 10.4. The fourth-order valence-electron chi connectivity index (χ4n) is 3.76. The van der Waals surface area contributed by atoms with E-state index in [9.17, 15) is 13.2 Å². The van der Waals surface area contributed by atoms with Gasteiger partial charge < -0.3 is 15.1 Å². The topological polar surface area (TPSA) is 119 Å². The first-order chi connectivity index (χ1) is 15.4. The molecule has 1 aromatic carbocycles. The average Bonchev–Trinajstić information content (AvgIpc) is 3.42. The third-order valence-corrected chi connectivity index (χ3v) is 7.26. The van der Waals surface area contributed by atoms with E-state index in [0.29, 0.717) is 28.5 Å². The first kappa shape index (κ1) is 21.8. The number of H-pyrrole nitrogens is 1. The van der Waals surface area contributed by atoms with E-state index in [0.717, 1.165) is 12.8 Å². The van der Waals surface area contributed by atoms with Crippen molar-refractivity contribution in [2.45, 2.75) is 49.1 Å². The Bertz CT molecular complexity index is 1390. The zero-order valence-electron chi connectivity index (χ0n) is 18.1. The summed E-state index contributed by atoms with van der Waals surface area (Å²) in [5, 5.41) is 0.549. The molecule has 1 unspecified atom stereocenters. The number of unbranched alkanes of at least 4 members (excludes halogenated alkanes) is 1. The number of imidazole rings is 1. The van der Waals surface area contributed by atoms with Gasteiger partial charge in [-0.05, 0) is 31.0 Å². The van der Waals surface area contributed by atoms with Gasteiger partial charge >= 0.3 is 5.97 Å². The number of aromatic amines is 1. The van der Waals surface area contributed by atoms with Gasteiger partial charge in [-0.15, -0.1) is 0 Å². The number of rotatable bonds is 8. The standard InChI is InChI=1S/C22H25N5O4S/c1-4-5-9-16(22(28)31-3)26-27-13-24-18-19(27)15-11-12-23-20(15)25-21(18)32(29,30)17-10-7-6-8-14(17)2/h6-8,10-13,16,26H,4-5,9H2,1-3H3,(H,23,25). The lowest BCUT2D eigenvalue weighted by atomic mass is 10.1. The molecule has 2 N–H and O–H groups in total. The number of fused-ring (bicyclic) bond motifs is 3. The molecule has 0 saturated carbocycles. The van der Waals surface area contributed by atoms with E-state index in [1.807, 2.05) is 6.92 Å². The molecular formula is C22H25N5O4S. The second kappa shape index (κ2) is 8.62. The molecule has 0 bridgehead atoms. The molecule has 0 amide bonds. The third-order valence-electron chi connectivity index (χ3n) is 5.43. The zero-order valence-corrected chi connectivity index (χ0v) is 18.9. The Morgan fingerprint density at radius 1 is 1.28 bits per heavy atom. The number of nitrogens with one attached hydrogen (secondary N) is 2. The van der Waals surface area contributed by atoms with Crippen LogP contribution in [0, 0.1) is 6.92 Å². The predicted molar refractivity (Wildman–Crippen MR) is 121 cm³/mol. The Labute approximate surface area is 185 Å². The second-order valence-corrected chi connectivity index (χ2v) is 9.42. The number of aryl methyl sites for hydroxylation is 1. The SMILES string of the molecule is CCCCC(Nn1cnc2c(S(=O)(=O)c3ccccc3C)nc3[nH]ccc3c21)C(=O)OC. The number of benzene rings is 1. The lowest BCUT2D eigenvalue weighted by Crippen LogP contribution is -2.35. The number of aromatic nitrogens is 4. The van der Waals surface area contributed by atoms with Gasteiger partial charge in [0.25, 0.3) is 0 Å². The van der Waals surface area contributed by atoms with Crippen molar-refractivity contribution in [3.05, 3.63) is 48.4 Å². The van der Waals surface area contributed by atoms with Crippen LogP contribution in [0.5, 0.6) is 0 Å². The maximum Gasteiger partial charge on any atom is 0.329 e. The van der Waals surface area contributed by atoms with Crippen LogP contribution in [0.2, 0.25) is 0 Å². The molecule has 0 saturated heterocycles. The lowest BCUT2D eigenvalue weighted by molar-refractivity contribution is -0.141. The number of methoxy groups -OCH3 is 1. The molecule has 168 valence electrons. The maximum atomic E-state index is 13.5. The van der Waals surface area contributed by atoms with E-state index in [4.69, 9.17) is 4.74 Å². The van der Waals surface area contributed by atoms with Gasteiger partial charge in [-0.2, -0.15) is 0 Å². The normalized spacial score (nSPS) is 12.8. The van der Waals surface area contributed by atoms with Gasteiger partial charge in [-0.25, -0.2) is 27.9 Å². The molecule has 3 aromatic heterocycles. The summed E-state index contributed by atoms with van der Waals surface area (Å²) in [5.41, 5.74) is 4.93. The smallest absolute Gasteiger partial charge is 0.329 e. The third kappa shape index (κ3) is 3.70. The molecule has 4 rings (SSSR count). The van der Waals surface area contributed by atoms with Crippen LogP contribution in [0.4, 0.5) is 0 Å². The van der Waals surface area contributed by atoms with Crippen molar-refractivity contribution >= 4 is 37.9 Å². The Balaban J connectivity index is 1.90. The van der Waals surface area contributed by atoms with Crippen molar-refractivity contribution in [2.75, 3.05) is 12.5 Å². The van der Waals surface area contributed by atoms with Gasteiger partial charge in [0.1, 0.15) is 29.0 Å². The fourth-order valence-corrected chi connectivity index (χ4v) is 5.34. The van der Waals surface area contributed by atoms with Crippen molar-refractivity contribution in [3.63, 3.8) is 0 Å². The van der Waals surface area contributed by atoms with Crippen molar-refractivity contribution in [1.82, 2.24) is 19.6 Å². The predicted octanol–water partition coefficient (Wildman–Crippen LogP) is 3.33. The molecule has 0 aliphatic heterocycles. The summed E-state index contributed by atoms with van der Waals surface area (Å²) in [6, 6.07) is 7.97. The largest absolute Gasteiger partial charge is 0.467 e. The molecular weight excluding hydrogens is 430 g/mol. The van der Waals surface area contributed by atoms with Crippen LogP contribution in [-0.4, -0.2) is 47.2 Å². The summed E-state index contributed by atoms with van der Waals surface area (Å²) in [6.07, 6.45) is 5.47. The van der Waals surface area contributed by atoms with Crippen LogP contribution in [0.1, 0.15) is 31.7 Å². The molecule has 0 radical (unpaired) electrons. The second-order valence-electron chi connectivity index (χ2n) is 7.58. The van der Waals surface area contributed by atoms with Gasteiger partial charge in [-0.3, -0.25) is 0 Å². The summed E-state index contributed by atoms with van der Waals surface area (Å²) in [5.74, 6) is -0.396. The highest BCUT2D eigenvalue weighted by atomic mass is 32.2. The molecule has 0 aliphatic carbocycles. The van der Waals surface area contributed by atoms with E-state index < -0.39 is 21.8 Å². The Morgan fingerprint density at radius 2 is 2.06 bits per heavy atom. The highest BCUT2D eigenvalue weighted by molar-refractivity contribution is 7.91. The monoisotopic (exact) mass is 455 g/mol. The molecule has 4 aromatic rings. The number of hydrogen-bond donors (Lipinski definition) is 2. The van der Waals surface area contributed by atoms with Crippen molar-refractivity contribution < 1.29 is 17.9 Å². The maximum absolute atomic E-state index is 13.5. The van der Waals surface area contributed by atoms with Gasteiger partial charge in [-0.1, -0.05) is 38.0 Å². The molecule has 9 nitrogen and oxygen atoms in total. The quantitative estimate of drug-likeness (QED) is 0.391. The molecule has 0 spiro atoms. The summed E-state index contributed by atoms with van der Waals surface area (Å²) in [7, 11) is -2.60. The minimum Gasteiger partial charge on any atom is -0.467 e. The van der Waals surface area contributed by atoms with Crippen LogP contribution < -0.4 is 5.43 Å². The van der Waals surface area contributed by atoms with Crippen molar-refractivity contribution in [3.8, 4) is 0 Å². The number of sulfone groups is 1. The number of carbonyl (C=O) groups excluding carboxylic acids is 1. The minimum absolute atomic E-state index is 0.138. The number of pyridine rings is 1. The zero-order chi connectivity index (χ0) is 22.9. The lowest BCUT2D eigenvalue weighted by Gasteiger charge is -2.18. The highest BCUT2D eigenvalue weighted by Gasteiger charge is 2.28. The van der Waals surface area contributed by atoms with Gasteiger partial charge in [0.05, 0.1) is 12.0 Å². The number of hydrogen-bond acceptors (Lipinski definition) is 7. The fraction of sp³-hybridized carbons (Fsp3) is 0.318. The van der Waals surface area contributed by atoms with Crippen molar-refractivity contribution in [2.24, 2.45) is 0 Å². The van der Waals surface area contributed by atoms with Gasteiger partial charge in [0.15, 0.2) is 5.03 Å². The van der Waals surface area contributed by atoms with Crippen molar-refractivity contribution in [1.29, 1.82) is 0 Å². The van der Waals surface area contributed by atoms with E-state index >= 15 is 0 Å². The highest BCUT2D eigenvalue weighted by Crippen LogP contribution is 2.31. The first-order valence-corrected chi connectivity index (χ1v) is 11.9. The number of nitrogens with zero attached hydrogens (tertiary/aromatic N) is 3. The number of esters is 1. The summed E-state index contributed by atoms with van der Waals surface area (Å²) < 4.78 is 33.6. The summed E-state index contributed by atoms with van der Waals surface area (Å²) in [6.45, 7) is 3.78. The van der Waals surface area contributed by atoms with Crippen LogP contribution in [0.15, 0.2) is 52.8 Å². The molecule has 1 atom stereocenters. The van der Waals surface area contributed by atoms with Gasteiger partial charge in [0.2, 0.25) is 9.84 Å². The Hall–Kier alpha value is -3.40. The average molecular weight is 456 g/mol. The molecule has 0 aliphatic rings. The van der Waals surface area contributed by atoms with Crippen LogP contribution >= 0.6 is 0 Å². The van der Waals surface area contributed by atoms with Gasteiger partial charge in [0, 0.05) is 11.6 Å². The number of carbonyl (C=O) groups is 1. The van der Waals surface area contributed by atoms with E-state index in [1.165, 1.54) is 13.4 Å². The van der Waals surface area contributed by atoms with E-state index in [-0.39, 0.29) is 15.4 Å². The van der Waals surface area contributed by atoms with E-state index in [2.05, 4.69) is 20.4 Å². The van der Waals surface area contributed by atoms with Crippen LogP contribution in [-0.2, 0) is 19.4 Å². The molecule has 32 heavy (non-hydrogen) atoms. The van der Waals surface area contributed by atoms with Crippen LogP contribution in [0.3, 0.4) is 0 Å². The minimum atomic E-state index is -3.94. The molecule has 10 heteroatoms. The molecule has 0 fully saturated rings. The Kier molecular flexibility index (Phi) is 5.88. The summed E-state index contributed by atoms with van der Waals surface area (Å²) >= 11 is 0. The van der Waals surface area contributed by atoms with Crippen LogP contribution in [0.25, 0.3) is 22.1 Å². The Morgan fingerprint density at radius 3 is 2.78 bits per heavy atom. The molecule has 3 heterocycles. The summed E-state index contributed by atoms with van der Waals surface area (Å²) in [4.78, 5) is 24.3.